The lowest BCUT2D eigenvalue weighted by molar-refractivity contribution is 0.0783. The summed E-state index contributed by atoms with van der Waals surface area (Å²) in [5, 5.41) is 12.1. The third-order valence-electron chi connectivity index (χ3n) is 2.43. The van der Waals surface area contributed by atoms with Gasteiger partial charge in [-0.25, -0.2) is 0 Å². The Bertz CT molecular complexity index is 551. The zero-order valence-corrected chi connectivity index (χ0v) is 10.7. The first-order chi connectivity index (χ1) is 8.07. The van der Waals surface area contributed by atoms with E-state index >= 15 is 0 Å². The first kappa shape index (κ1) is 11.9. The highest BCUT2D eigenvalue weighted by Gasteiger charge is 2.18. The van der Waals surface area contributed by atoms with Gasteiger partial charge in [-0.3, -0.25) is 0 Å². The maximum absolute atomic E-state index is 10.1. The van der Waals surface area contributed by atoms with Crippen LogP contribution < -0.4 is 0 Å². The van der Waals surface area contributed by atoms with E-state index in [0.717, 1.165) is 16.0 Å². The molecule has 1 N–H and O–H groups in total. The van der Waals surface area contributed by atoms with Gasteiger partial charge in [-0.2, -0.15) is 0 Å². The van der Waals surface area contributed by atoms with Crippen molar-refractivity contribution >= 4 is 11.3 Å². The second-order valence-electron chi connectivity index (χ2n) is 4.33. The lowest BCUT2D eigenvalue weighted by atomic mass is 9.93. The molecule has 0 fully saturated rings. The number of thiophene rings is 1. The average Bonchev–Trinajstić information content (AvgIpc) is 2.78. The highest BCUT2D eigenvalue weighted by molar-refractivity contribution is 7.10. The topological polar surface area (TPSA) is 20.2 Å². The monoisotopic (exact) mass is 242 g/mol. The maximum Gasteiger partial charge on any atom is 0.0852 e. The van der Waals surface area contributed by atoms with Crippen molar-refractivity contribution < 1.29 is 5.11 Å². The molecular weight excluding hydrogens is 228 g/mol. The van der Waals surface area contributed by atoms with Crippen molar-refractivity contribution in [2.24, 2.45) is 0 Å². The van der Waals surface area contributed by atoms with Gasteiger partial charge in [0, 0.05) is 5.56 Å². The van der Waals surface area contributed by atoms with Gasteiger partial charge in [0.2, 0.25) is 0 Å². The van der Waals surface area contributed by atoms with Crippen LogP contribution in [0.2, 0.25) is 0 Å². The quantitative estimate of drug-likeness (QED) is 0.760. The van der Waals surface area contributed by atoms with Crippen molar-refractivity contribution in [3.63, 3.8) is 0 Å². The zero-order chi connectivity index (χ0) is 12.3. The maximum atomic E-state index is 10.1. The molecule has 1 nitrogen and oxygen atoms in total. The summed E-state index contributed by atoms with van der Waals surface area (Å²) >= 11 is 1.62. The molecule has 0 aliphatic rings. The molecule has 0 saturated heterocycles. The first-order valence-corrected chi connectivity index (χ1v) is 6.33. The molecular formula is C15H14OS. The van der Waals surface area contributed by atoms with Crippen molar-refractivity contribution in [1.82, 2.24) is 0 Å². The smallest absolute Gasteiger partial charge is 0.0852 e. The Hall–Kier alpha value is -1.56. The molecule has 1 aromatic carbocycles. The van der Waals surface area contributed by atoms with Crippen molar-refractivity contribution in [2.75, 3.05) is 0 Å². The van der Waals surface area contributed by atoms with Crippen LogP contribution in [0.15, 0.2) is 41.8 Å². The molecule has 1 heterocycles. The molecule has 2 rings (SSSR count). The fourth-order valence-electron chi connectivity index (χ4n) is 1.60. The van der Waals surface area contributed by atoms with Crippen LogP contribution in [0.5, 0.6) is 0 Å². The van der Waals surface area contributed by atoms with Crippen LogP contribution >= 0.6 is 11.3 Å². The van der Waals surface area contributed by atoms with Crippen LogP contribution in [0.4, 0.5) is 0 Å². The summed E-state index contributed by atoms with van der Waals surface area (Å²) in [6.07, 6.45) is 0. The van der Waals surface area contributed by atoms with Crippen molar-refractivity contribution in [3.05, 3.63) is 57.8 Å². The summed E-state index contributed by atoms with van der Waals surface area (Å²) < 4.78 is 0. The van der Waals surface area contributed by atoms with Crippen molar-refractivity contribution in [2.45, 2.75) is 19.4 Å². The van der Waals surface area contributed by atoms with E-state index in [9.17, 15) is 5.11 Å². The van der Waals surface area contributed by atoms with E-state index in [0.29, 0.717) is 0 Å². The Morgan fingerprint density at radius 3 is 2.47 bits per heavy atom. The predicted molar refractivity (Wildman–Crippen MR) is 72.0 cm³/mol. The van der Waals surface area contributed by atoms with Crippen LogP contribution in [0, 0.1) is 11.8 Å². The lowest BCUT2D eigenvalue weighted by Gasteiger charge is -2.19. The van der Waals surface area contributed by atoms with Gasteiger partial charge in [-0.05, 0) is 36.9 Å². The van der Waals surface area contributed by atoms with Crippen LogP contribution in [0.25, 0.3) is 0 Å². The van der Waals surface area contributed by atoms with E-state index in [1.165, 1.54) is 0 Å². The Morgan fingerprint density at radius 2 is 1.82 bits per heavy atom. The number of hydrogen-bond acceptors (Lipinski definition) is 2. The average molecular weight is 242 g/mol. The third kappa shape index (κ3) is 2.97. The third-order valence-corrected chi connectivity index (χ3v) is 3.21. The molecule has 0 aliphatic heterocycles. The lowest BCUT2D eigenvalue weighted by Crippen LogP contribution is -2.17. The molecule has 0 bridgehead atoms. The molecule has 1 aromatic heterocycles. The Balaban J connectivity index is 2.40. The Labute approximate surface area is 106 Å². The highest BCUT2D eigenvalue weighted by atomic mass is 32.1. The van der Waals surface area contributed by atoms with E-state index in [-0.39, 0.29) is 0 Å². The molecule has 0 spiro atoms. The molecule has 0 atom stereocenters. The second-order valence-corrected chi connectivity index (χ2v) is 5.28. The molecule has 0 amide bonds. The SMILES string of the molecule is CC(C)(O)c1ccccc1C#Cc1cccs1. The normalized spacial score (nSPS) is 10.8. The minimum atomic E-state index is -0.860. The zero-order valence-electron chi connectivity index (χ0n) is 9.90. The molecule has 2 aromatic rings. The molecule has 0 aliphatic carbocycles. The van der Waals surface area contributed by atoms with E-state index < -0.39 is 5.60 Å². The van der Waals surface area contributed by atoms with Gasteiger partial charge in [-0.15, -0.1) is 11.3 Å². The number of aliphatic hydroxyl groups is 1. The summed E-state index contributed by atoms with van der Waals surface area (Å²) in [5.74, 6) is 6.23. The van der Waals surface area contributed by atoms with Crippen molar-refractivity contribution in [1.29, 1.82) is 0 Å². The summed E-state index contributed by atoms with van der Waals surface area (Å²) in [4.78, 5) is 1.04. The summed E-state index contributed by atoms with van der Waals surface area (Å²) in [7, 11) is 0. The fraction of sp³-hybridized carbons (Fsp3) is 0.200. The minimum absolute atomic E-state index is 0.860. The number of benzene rings is 1. The fourth-order valence-corrected chi connectivity index (χ4v) is 2.18. The summed E-state index contributed by atoms with van der Waals surface area (Å²) in [5.41, 5.74) is 0.887. The van der Waals surface area contributed by atoms with E-state index in [1.807, 2.05) is 41.8 Å². The van der Waals surface area contributed by atoms with Gasteiger partial charge in [0.05, 0.1) is 10.5 Å². The van der Waals surface area contributed by atoms with Gasteiger partial charge >= 0.3 is 0 Å². The Kier molecular flexibility index (Phi) is 3.33. The van der Waals surface area contributed by atoms with E-state index in [4.69, 9.17) is 0 Å². The molecule has 17 heavy (non-hydrogen) atoms. The molecule has 2 heteroatoms. The van der Waals surface area contributed by atoms with Gasteiger partial charge in [-0.1, -0.05) is 36.1 Å². The highest BCUT2D eigenvalue weighted by Crippen LogP contribution is 2.22. The summed E-state index contributed by atoms with van der Waals surface area (Å²) in [6.45, 7) is 3.55. The van der Waals surface area contributed by atoms with Crippen molar-refractivity contribution in [3.8, 4) is 11.8 Å². The van der Waals surface area contributed by atoms with Gasteiger partial charge in [0.15, 0.2) is 0 Å². The predicted octanol–water partition coefficient (Wildman–Crippen LogP) is 3.38. The van der Waals surface area contributed by atoms with E-state index in [1.54, 1.807) is 25.2 Å². The van der Waals surface area contributed by atoms with Crippen LogP contribution in [-0.2, 0) is 5.60 Å². The van der Waals surface area contributed by atoms with Crippen LogP contribution in [-0.4, -0.2) is 5.11 Å². The van der Waals surface area contributed by atoms with Gasteiger partial charge in [0.25, 0.3) is 0 Å². The summed E-state index contributed by atoms with van der Waals surface area (Å²) in [6, 6.07) is 11.7. The number of rotatable bonds is 1. The second kappa shape index (κ2) is 4.75. The number of hydrogen-bond donors (Lipinski definition) is 1. The standard InChI is InChI=1S/C15H14OS/c1-15(2,16)14-8-4-3-6-12(14)9-10-13-7-5-11-17-13/h3-8,11,16H,1-2H3. The largest absolute Gasteiger partial charge is 0.386 e. The van der Waals surface area contributed by atoms with E-state index in [2.05, 4.69) is 11.8 Å². The Morgan fingerprint density at radius 1 is 1.06 bits per heavy atom. The molecule has 0 radical (unpaired) electrons. The van der Waals surface area contributed by atoms with Gasteiger partial charge < -0.3 is 5.11 Å². The molecule has 0 saturated carbocycles. The van der Waals surface area contributed by atoms with Crippen LogP contribution in [0.3, 0.4) is 0 Å². The minimum Gasteiger partial charge on any atom is -0.386 e. The first-order valence-electron chi connectivity index (χ1n) is 5.45. The van der Waals surface area contributed by atoms with Gasteiger partial charge in [0.1, 0.15) is 0 Å². The molecule has 86 valence electrons. The molecule has 0 unspecified atom stereocenters. The van der Waals surface area contributed by atoms with Crippen LogP contribution in [0.1, 0.15) is 29.9 Å².